The SMILES string of the molecule is CCCC(C)NCC(C)N1CCC(C)(CC)CC1. The average molecular weight is 254 g/mol. The first-order valence-electron chi connectivity index (χ1n) is 7.98. The lowest BCUT2D eigenvalue weighted by Gasteiger charge is -2.41. The lowest BCUT2D eigenvalue weighted by Crippen LogP contribution is -2.47. The molecule has 0 radical (unpaired) electrons. The highest BCUT2D eigenvalue weighted by Crippen LogP contribution is 2.34. The largest absolute Gasteiger partial charge is 0.313 e. The monoisotopic (exact) mass is 254 g/mol. The maximum absolute atomic E-state index is 3.67. The number of hydrogen-bond donors (Lipinski definition) is 1. The van der Waals surface area contributed by atoms with Crippen LogP contribution >= 0.6 is 0 Å². The summed E-state index contributed by atoms with van der Waals surface area (Å²) in [6.45, 7) is 15.5. The molecule has 2 unspecified atom stereocenters. The second kappa shape index (κ2) is 7.49. The van der Waals surface area contributed by atoms with E-state index in [9.17, 15) is 0 Å². The third-order valence-electron chi connectivity index (χ3n) is 4.97. The third kappa shape index (κ3) is 4.89. The molecule has 1 saturated heterocycles. The highest BCUT2D eigenvalue weighted by atomic mass is 15.2. The van der Waals surface area contributed by atoms with E-state index in [1.165, 1.54) is 45.2 Å². The summed E-state index contributed by atoms with van der Waals surface area (Å²) < 4.78 is 0. The van der Waals surface area contributed by atoms with Crippen LogP contribution in [0.25, 0.3) is 0 Å². The van der Waals surface area contributed by atoms with E-state index in [0.717, 1.165) is 6.54 Å². The molecule has 0 amide bonds. The molecule has 0 aromatic carbocycles. The summed E-state index contributed by atoms with van der Waals surface area (Å²) in [7, 11) is 0. The van der Waals surface area contributed by atoms with Crippen molar-refractivity contribution in [3.63, 3.8) is 0 Å². The molecule has 0 bridgehead atoms. The van der Waals surface area contributed by atoms with Crippen LogP contribution in [0, 0.1) is 5.41 Å². The summed E-state index contributed by atoms with van der Waals surface area (Å²) in [6, 6.07) is 1.36. The lowest BCUT2D eigenvalue weighted by molar-refractivity contribution is 0.0851. The van der Waals surface area contributed by atoms with Gasteiger partial charge in [0.25, 0.3) is 0 Å². The Bertz CT molecular complexity index is 219. The highest BCUT2D eigenvalue weighted by Gasteiger charge is 2.29. The van der Waals surface area contributed by atoms with E-state index in [1.54, 1.807) is 0 Å². The Hall–Kier alpha value is -0.0800. The van der Waals surface area contributed by atoms with Crippen molar-refractivity contribution in [2.45, 2.75) is 78.8 Å². The molecule has 0 aromatic rings. The maximum atomic E-state index is 3.67. The van der Waals surface area contributed by atoms with Crippen LogP contribution in [0.2, 0.25) is 0 Å². The Balaban J connectivity index is 2.25. The molecule has 1 fully saturated rings. The van der Waals surface area contributed by atoms with Crippen LogP contribution in [0.1, 0.15) is 66.7 Å². The number of piperidine rings is 1. The Morgan fingerprint density at radius 3 is 2.28 bits per heavy atom. The highest BCUT2D eigenvalue weighted by molar-refractivity contribution is 4.84. The van der Waals surface area contributed by atoms with Gasteiger partial charge in [-0.3, -0.25) is 4.90 Å². The molecule has 0 spiro atoms. The fourth-order valence-corrected chi connectivity index (χ4v) is 2.89. The maximum Gasteiger partial charge on any atom is 0.0192 e. The smallest absolute Gasteiger partial charge is 0.0192 e. The summed E-state index contributed by atoms with van der Waals surface area (Å²) >= 11 is 0. The van der Waals surface area contributed by atoms with Gasteiger partial charge >= 0.3 is 0 Å². The molecule has 0 aromatic heterocycles. The molecule has 108 valence electrons. The van der Waals surface area contributed by atoms with Crippen LogP contribution in [0.4, 0.5) is 0 Å². The number of hydrogen-bond acceptors (Lipinski definition) is 2. The van der Waals surface area contributed by atoms with Crippen LogP contribution in [-0.4, -0.2) is 36.6 Å². The molecule has 1 aliphatic rings. The van der Waals surface area contributed by atoms with Gasteiger partial charge in [0.15, 0.2) is 0 Å². The molecule has 1 rings (SSSR count). The number of nitrogens with one attached hydrogen (secondary N) is 1. The fraction of sp³-hybridized carbons (Fsp3) is 1.00. The van der Waals surface area contributed by atoms with Crippen molar-refractivity contribution in [3.05, 3.63) is 0 Å². The average Bonchev–Trinajstić information content (AvgIpc) is 2.37. The van der Waals surface area contributed by atoms with Gasteiger partial charge in [-0.1, -0.05) is 33.6 Å². The first-order chi connectivity index (χ1) is 8.50. The second-order valence-electron chi connectivity index (χ2n) is 6.65. The quantitative estimate of drug-likeness (QED) is 0.746. The Morgan fingerprint density at radius 2 is 1.78 bits per heavy atom. The molecule has 18 heavy (non-hydrogen) atoms. The first kappa shape index (κ1) is 16.0. The van der Waals surface area contributed by atoms with Crippen molar-refractivity contribution >= 4 is 0 Å². The van der Waals surface area contributed by atoms with Crippen LogP contribution in [-0.2, 0) is 0 Å². The van der Waals surface area contributed by atoms with E-state index in [0.29, 0.717) is 17.5 Å². The minimum Gasteiger partial charge on any atom is -0.313 e. The molecule has 1 N–H and O–H groups in total. The lowest BCUT2D eigenvalue weighted by atomic mass is 9.78. The van der Waals surface area contributed by atoms with E-state index in [-0.39, 0.29) is 0 Å². The van der Waals surface area contributed by atoms with Gasteiger partial charge in [-0.05, 0) is 51.6 Å². The molecule has 2 nitrogen and oxygen atoms in total. The normalized spacial score (nSPS) is 23.8. The van der Waals surface area contributed by atoms with Crippen molar-refractivity contribution in [3.8, 4) is 0 Å². The van der Waals surface area contributed by atoms with Crippen LogP contribution in [0.15, 0.2) is 0 Å². The van der Waals surface area contributed by atoms with Crippen molar-refractivity contribution in [2.75, 3.05) is 19.6 Å². The predicted octanol–water partition coefficient (Wildman–Crippen LogP) is 3.67. The van der Waals surface area contributed by atoms with Gasteiger partial charge < -0.3 is 5.32 Å². The number of nitrogens with zero attached hydrogens (tertiary/aromatic N) is 1. The van der Waals surface area contributed by atoms with E-state index < -0.39 is 0 Å². The Labute approximate surface area is 115 Å². The van der Waals surface area contributed by atoms with Gasteiger partial charge in [0, 0.05) is 18.6 Å². The van der Waals surface area contributed by atoms with Crippen molar-refractivity contribution in [2.24, 2.45) is 5.41 Å². The third-order valence-corrected chi connectivity index (χ3v) is 4.97. The van der Waals surface area contributed by atoms with Crippen LogP contribution in [0.3, 0.4) is 0 Å². The van der Waals surface area contributed by atoms with Crippen LogP contribution in [0.5, 0.6) is 0 Å². The molecule has 1 heterocycles. The van der Waals surface area contributed by atoms with Crippen molar-refractivity contribution in [1.82, 2.24) is 10.2 Å². The zero-order chi connectivity index (χ0) is 13.6. The zero-order valence-electron chi connectivity index (χ0n) is 13.3. The number of likely N-dealkylation sites (tertiary alicyclic amines) is 1. The van der Waals surface area contributed by atoms with Gasteiger partial charge in [0.2, 0.25) is 0 Å². The molecule has 1 aliphatic heterocycles. The fourth-order valence-electron chi connectivity index (χ4n) is 2.89. The Kier molecular flexibility index (Phi) is 6.65. The second-order valence-corrected chi connectivity index (χ2v) is 6.65. The summed E-state index contributed by atoms with van der Waals surface area (Å²) in [5, 5.41) is 3.67. The van der Waals surface area contributed by atoms with E-state index in [4.69, 9.17) is 0 Å². The Morgan fingerprint density at radius 1 is 1.17 bits per heavy atom. The topological polar surface area (TPSA) is 15.3 Å². The summed E-state index contributed by atoms with van der Waals surface area (Å²) in [5.41, 5.74) is 0.610. The molecule has 0 saturated carbocycles. The molecule has 0 aliphatic carbocycles. The summed E-state index contributed by atoms with van der Waals surface area (Å²) in [4.78, 5) is 2.67. The first-order valence-corrected chi connectivity index (χ1v) is 7.98. The predicted molar refractivity (Wildman–Crippen MR) is 81.0 cm³/mol. The van der Waals surface area contributed by atoms with Gasteiger partial charge in [-0.25, -0.2) is 0 Å². The van der Waals surface area contributed by atoms with E-state index in [2.05, 4.69) is 44.8 Å². The van der Waals surface area contributed by atoms with Gasteiger partial charge in [-0.2, -0.15) is 0 Å². The number of rotatable bonds is 7. The molecule has 2 atom stereocenters. The van der Waals surface area contributed by atoms with Gasteiger partial charge in [0.1, 0.15) is 0 Å². The molecular weight excluding hydrogens is 220 g/mol. The standard InChI is InChI=1S/C16H34N2/c1-6-8-14(3)17-13-15(4)18-11-9-16(5,7-2)10-12-18/h14-15,17H,6-13H2,1-5H3. The zero-order valence-corrected chi connectivity index (χ0v) is 13.3. The van der Waals surface area contributed by atoms with E-state index >= 15 is 0 Å². The summed E-state index contributed by atoms with van der Waals surface area (Å²) in [5.74, 6) is 0. The minimum absolute atomic E-state index is 0.610. The summed E-state index contributed by atoms with van der Waals surface area (Å²) in [6.07, 6.45) is 6.65. The molecule has 2 heteroatoms. The van der Waals surface area contributed by atoms with Gasteiger partial charge in [0.05, 0.1) is 0 Å². The van der Waals surface area contributed by atoms with Gasteiger partial charge in [-0.15, -0.1) is 0 Å². The van der Waals surface area contributed by atoms with Crippen LogP contribution < -0.4 is 5.32 Å². The van der Waals surface area contributed by atoms with Crippen molar-refractivity contribution < 1.29 is 0 Å². The minimum atomic E-state index is 0.610. The van der Waals surface area contributed by atoms with E-state index in [1.807, 2.05) is 0 Å². The van der Waals surface area contributed by atoms with Crippen molar-refractivity contribution in [1.29, 1.82) is 0 Å². The molecular formula is C16H34N2.